The van der Waals surface area contributed by atoms with Crippen LogP contribution in [-0.4, -0.2) is 25.5 Å². The van der Waals surface area contributed by atoms with Gasteiger partial charge >= 0.3 is 5.69 Å². The molecular formula is C10H5BrFN7O2. The SMILES string of the molecule is N#CC(=CNc1c(Br)ccc(F)c1[N+](=O)[O-])c1nn[nH]n1. The highest BCUT2D eigenvalue weighted by atomic mass is 79.9. The van der Waals surface area contributed by atoms with Gasteiger partial charge < -0.3 is 5.32 Å². The largest absolute Gasteiger partial charge is 0.354 e. The average molecular weight is 354 g/mol. The van der Waals surface area contributed by atoms with E-state index in [4.69, 9.17) is 5.26 Å². The second-order valence-corrected chi connectivity index (χ2v) is 4.41. The molecule has 2 aromatic rings. The van der Waals surface area contributed by atoms with Gasteiger partial charge in [0.1, 0.15) is 17.3 Å². The van der Waals surface area contributed by atoms with Crippen LogP contribution in [0, 0.1) is 27.3 Å². The van der Waals surface area contributed by atoms with Gasteiger partial charge in [0.15, 0.2) is 0 Å². The highest BCUT2D eigenvalue weighted by Gasteiger charge is 2.22. The highest BCUT2D eigenvalue weighted by Crippen LogP contribution is 2.35. The molecule has 2 rings (SSSR count). The molecule has 0 fully saturated rings. The number of aromatic nitrogens is 4. The Balaban J connectivity index is 2.43. The third kappa shape index (κ3) is 3.00. The molecule has 106 valence electrons. The number of tetrazole rings is 1. The van der Waals surface area contributed by atoms with E-state index in [0.29, 0.717) is 0 Å². The number of halogens is 2. The van der Waals surface area contributed by atoms with Crippen molar-refractivity contribution in [3.63, 3.8) is 0 Å². The normalized spacial score (nSPS) is 11.0. The lowest BCUT2D eigenvalue weighted by Gasteiger charge is -2.06. The minimum atomic E-state index is -1.00. The number of aromatic amines is 1. The fraction of sp³-hybridized carbons (Fsp3) is 0. The van der Waals surface area contributed by atoms with E-state index >= 15 is 0 Å². The van der Waals surface area contributed by atoms with Crippen molar-refractivity contribution in [3.05, 3.63) is 44.6 Å². The zero-order valence-corrected chi connectivity index (χ0v) is 11.6. The lowest BCUT2D eigenvalue weighted by molar-refractivity contribution is -0.386. The first kappa shape index (κ1) is 14.5. The van der Waals surface area contributed by atoms with Gasteiger partial charge in [-0.15, -0.1) is 10.2 Å². The van der Waals surface area contributed by atoms with Crippen LogP contribution < -0.4 is 5.32 Å². The van der Waals surface area contributed by atoms with Crippen molar-refractivity contribution < 1.29 is 9.31 Å². The van der Waals surface area contributed by atoms with Gasteiger partial charge in [-0.2, -0.15) is 14.9 Å². The molecule has 0 saturated heterocycles. The molecule has 0 unspecified atom stereocenters. The molecule has 0 spiro atoms. The zero-order chi connectivity index (χ0) is 15.4. The van der Waals surface area contributed by atoms with E-state index in [9.17, 15) is 14.5 Å². The maximum Gasteiger partial charge on any atom is 0.329 e. The zero-order valence-electron chi connectivity index (χ0n) is 10.0. The standard InChI is InChI=1S/C10H5BrFN7O2/c11-6-1-2-7(12)9(19(20)21)8(6)14-4-5(3-13)10-15-17-18-16-10/h1-2,4,14H,(H,15,16,17,18). The number of nitrogens with one attached hydrogen (secondary N) is 2. The number of rotatable bonds is 4. The van der Waals surface area contributed by atoms with Crippen LogP contribution in [0.2, 0.25) is 0 Å². The number of nitriles is 1. The van der Waals surface area contributed by atoms with E-state index in [1.165, 1.54) is 6.07 Å². The van der Waals surface area contributed by atoms with Gasteiger partial charge in [-0.05, 0) is 33.3 Å². The monoisotopic (exact) mass is 353 g/mol. The molecule has 1 aromatic carbocycles. The molecular weight excluding hydrogens is 349 g/mol. The summed E-state index contributed by atoms with van der Waals surface area (Å²) in [5.74, 6) is -1.00. The Kier molecular flexibility index (Phi) is 4.19. The Morgan fingerprint density at radius 3 is 2.95 bits per heavy atom. The molecule has 0 amide bonds. The van der Waals surface area contributed by atoms with Crippen LogP contribution >= 0.6 is 15.9 Å². The molecule has 0 saturated carbocycles. The van der Waals surface area contributed by atoms with Crippen molar-refractivity contribution in [3.8, 4) is 6.07 Å². The predicted octanol–water partition coefficient (Wildman–Crippen LogP) is 1.99. The molecule has 0 bridgehead atoms. The fourth-order valence-corrected chi connectivity index (χ4v) is 1.86. The first-order valence-electron chi connectivity index (χ1n) is 5.27. The van der Waals surface area contributed by atoms with Gasteiger partial charge in [-0.3, -0.25) is 10.1 Å². The summed E-state index contributed by atoms with van der Waals surface area (Å²) in [6.45, 7) is 0. The Morgan fingerprint density at radius 1 is 1.62 bits per heavy atom. The predicted molar refractivity (Wildman–Crippen MR) is 72.1 cm³/mol. The molecule has 0 aliphatic carbocycles. The molecule has 0 atom stereocenters. The number of nitro benzene ring substituents is 1. The molecule has 21 heavy (non-hydrogen) atoms. The molecule has 1 aromatic heterocycles. The van der Waals surface area contributed by atoms with Gasteiger partial charge in [0.25, 0.3) is 0 Å². The number of H-pyrrole nitrogens is 1. The van der Waals surface area contributed by atoms with Crippen molar-refractivity contribution in [1.82, 2.24) is 20.6 Å². The molecule has 0 aliphatic heterocycles. The highest BCUT2D eigenvalue weighted by molar-refractivity contribution is 9.10. The van der Waals surface area contributed by atoms with Crippen molar-refractivity contribution in [1.29, 1.82) is 5.26 Å². The maximum atomic E-state index is 13.5. The number of hydrogen-bond acceptors (Lipinski definition) is 7. The third-order valence-electron chi connectivity index (χ3n) is 2.33. The quantitative estimate of drug-likeness (QED) is 0.487. The summed E-state index contributed by atoms with van der Waals surface area (Å²) in [5, 5.41) is 35.1. The summed E-state index contributed by atoms with van der Waals surface area (Å²) in [6, 6.07) is 4.06. The Morgan fingerprint density at radius 2 is 2.38 bits per heavy atom. The fourth-order valence-electron chi connectivity index (χ4n) is 1.42. The number of allylic oxidation sites excluding steroid dienone is 1. The third-order valence-corrected chi connectivity index (χ3v) is 2.99. The van der Waals surface area contributed by atoms with Crippen molar-refractivity contribution in [2.24, 2.45) is 0 Å². The Hall–Kier alpha value is -2.87. The van der Waals surface area contributed by atoms with Crippen LogP contribution in [0.15, 0.2) is 22.8 Å². The minimum Gasteiger partial charge on any atom is -0.354 e. The van der Waals surface area contributed by atoms with Gasteiger partial charge in [0, 0.05) is 10.7 Å². The van der Waals surface area contributed by atoms with E-state index in [1.54, 1.807) is 6.07 Å². The van der Waals surface area contributed by atoms with E-state index in [0.717, 1.165) is 12.3 Å². The lowest BCUT2D eigenvalue weighted by atomic mass is 10.2. The van der Waals surface area contributed by atoms with Gasteiger partial charge in [0.05, 0.1) is 4.92 Å². The molecule has 9 nitrogen and oxygen atoms in total. The molecule has 11 heteroatoms. The molecule has 2 N–H and O–H groups in total. The Bertz CT molecular complexity index is 754. The number of benzene rings is 1. The Labute approximate surface area is 124 Å². The average Bonchev–Trinajstić information content (AvgIpc) is 2.96. The molecule has 1 heterocycles. The van der Waals surface area contributed by atoms with Gasteiger partial charge in [-0.1, -0.05) is 0 Å². The first-order chi connectivity index (χ1) is 10.0. The second kappa shape index (κ2) is 6.06. The van der Waals surface area contributed by atoms with Crippen LogP contribution in [0.3, 0.4) is 0 Å². The van der Waals surface area contributed by atoms with E-state index in [2.05, 4.69) is 41.9 Å². The van der Waals surface area contributed by atoms with Crippen LogP contribution in [-0.2, 0) is 0 Å². The van der Waals surface area contributed by atoms with E-state index < -0.39 is 16.4 Å². The van der Waals surface area contributed by atoms with Crippen LogP contribution in [0.4, 0.5) is 15.8 Å². The van der Waals surface area contributed by atoms with Crippen LogP contribution in [0.1, 0.15) is 5.82 Å². The second-order valence-electron chi connectivity index (χ2n) is 3.56. The molecule has 0 aliphatic rings. The number of nitrogens with zero attached hydrogens (tertiary/aromatic N) is 5. The maximum absolute atomic E-state index is 13.5. The topological polar surface area (TPSA) is 133 Å². The smallest absolute Gasteiger partial charge is 0.329 e. The van der Waals surface area contributed by atoms with Gasteiger partial charge in [-0.25, -0.2) is 0 Å². The van der Waals surface area contributed by atoms with E-state index in [1.807, 2.05) is 0 Å². The van der Waals surface area contributed by atoms with E-state index in [-0.39, 0.29) is 21.6 Å². The number of hydrogen-bond donors (Lipinski definition) is 2. The summed E-state index contributed by atoms with van der Waals surface area (Å²) in [5.41, 5.74) is -0.906. The minimum absolute atomic E-state index is 0.000165. The summed E-state index contributed by atoms with van der Waals surface area (Å²) in [7, 11) is 0. The van der Waals surface area contributed by atoms with Crippen molar-refractivity contribution in [2.75, 3.05) is 5.32 Å². The van der Waals surface area contributed by atoms with Gasteiger partial charge in [0.2, 0.25) is 11.6 Å². The molecule has 0 radical (unpaired) electrons. The van der Waals surface area contributed by atoms with Crippen molar-refractivity contribution in [2.45, 2.75) is 0 Å². The summed E-state index contributed by atoms with van der Waals surface area (Å²) >= 11 is 3.07. The number of nitro groups is 1. The first-order valence-corrected chi connectivity index (χ1v) is 6.07. The lowest BCUT2D eigenvalue weighted by Crippen LogP contribution is -2.01. The summed E-state index contributed by atoms with van der Waals surface area (Å²) in [4.78, 5) is 10.1. The van der Waals surface area contributed by atoms with Crippen LogP contribution in [0.5, 0.6) is 0 Å². The number of anilines is 1. The van der Waals surface area contributed by atoms with Crippen molar-refractivity contribution >= 4 is 32.9 Å². The van der Waals surface area contributed by atoms with Crippen LogP contribution in [0.25, 0.3) is 5.57 Å². The summed E-state index contributed by atoms with van der Waals surface area (Å²) in [6.07, 6.45) is 1.12. The summed E-state index contributed by atoms with van der Waals surface area (Å²) < 4.78 is 13.8.